The van der Waals surface area contributed by atoms with Crippen LogP contribution in [0.1, 0.15) is 18.1 Å². The summed E-state index contributed by atoms with van der Waals surface area (Å²) in [6.45, 7) is 3.88. The van der Waals surface area contributed by atoms with Gasteiger partial charge < -0.3 is 10.2 Å². The maximum absolute atomic E-state index is 12.5. The highest BCUT2D eigenvalue weighted by atomic mass is 35.5. The Labute approximate surface area is 135 Å². The highest BCUT2D eigenvalue weighted by Crippen LogP contribution is 2.15. The summed E-state index contributed by atoms with van der Waals surface area (Å²) in [6.07, 6.45) is 1.03. The Bertz CT molecular complexity index is 686. The van der Waals surface area contributed by atoms with Crippen molar-refractivity contribution in [1.29, 1.82) is 0 Å². The summed E-state index contributed by atoms with van der Waals surface area (Å²) in [4.78, 5) is 13.8. The standard InChI is InChI=1S/C18H19ClN2O/c1-13(18(22)20-17-8-4-7-16(19)11-17)21-10-9-14-5-2-3-6-15(14)12-21/h2-8,11,13H,9-10,12H2,1H3,(H,20,22)/p+1/t13-/m0/s1. The normalized spacial score (nSPS) is 18.4. The first-order valence-electron chi connectivity index (χ1n) is 7.61. The van der Waals surface area contributed by atoms with Crippen molar-refractivity contribution in [3.8, 4) is 0 Å². The molecule has 2 N–H and O–H groups in total. The van der Waals surface area contributed by atoms with Crippen molar-refractivity contribution in [3.63, 3.8) is 0 Å². The molecule has 0 aromatic heterocycles. The Morgan fingerprint density at radius 3 is 2.73 bits per heavy atom. The molecule has 0 fully saturated rings. The molecule has 1 heterocycles. The van der Waals surface area contributed by atoms with E-state index >= 15 is 0 Å². The van der Waals surface area contributed by atoms with Crippen molar-refractivity contribution in [3.05, 3.63) is 64.7 Å². The Morgan fingerprint density at radius 1 is 1.18 bits per heavy atom. The molecular weight excluding hydrogens is 296 g/mol. The van der Waals surface area contributed by atoms with E-state index in [9.17, 15) is 4.79 Å². The minimum Gasteiger partial charge on any atom is -0.321 e. The van der Waals surface area contributed by atoms with Gasteiger partial charge in [-0.3, -0.25) is 4.79 Å². The van der Waals surface area contributed by atoms with Gasteiger partial charge in [-0.15, -0.1) is 0 Å². The second-order valence-corrected chi connectivity index (χ2v) is 6.26. The van der Waals surface area contributed by atoms with Crippen LogP contribution >= 0.6 is 11.6 Å². The maximum Gasteiger partial charge on any atom is 0.282 e. The lowest BCUT2D eigenvalue weighted by Crippen LogP contribution is -3.16. The Hall–Kier alpha value is -1.84. The molecule has 1 aliphatic rings. The van der Waals surface area contributed by atoms with Crippen molar-refractivity contribution >= 4 is 23.2 Å². The molecule has 114 valence electrons. The van der Waals surface area contributed by atoms with Gasteiger partial charge in [0, 0.05) is 22.7 Å². The smallest absolute Gasteiger partial charge is 0.282 e. The molecule has 0 saturated carbocycles. The number of rotatable bonds is 3. The highest BCUT2D eigenvalue weighted by Gasteiger charge is 2.28. The molecule has 0 bridgehead atoms. The van der Waals surface area contributed by atoms with Crippen LogP contribution in [0.3, 0.4) is 0 Å². The zero-order valence-corrected chi connectivity index (χ0v) is 13.4. The van der Waals surface area contributed by atoms with Crippen LogP contribution < -0.4 is 10.2 Å². The molecule has 1 amide bonds. The SMILES string of the molecule is C[C@@H](C(=O)Nc1cccc(Cl)c1)[NH+]1CCc2ccccc2C1. The van der Waals surface area contributed by atoms with Gasteiger partial charge in [0.15, 0.2) is 6.04 Å². The van der Waals surface area contributed by atoms with Gasteiger partial charge in [0.25, 0.3) is 5.91 Å². The third-order valence-corrected chi connectivity index (χ3v) is 4.58. The summed E-state index contributed by atoms with van der Waals surface area (Å²) in [6, 6.07) is 15.7. The summed E-state index contributed by atoms with van der Waals surface area (Å²) in [7, 11) is 0. The Morgan fingerprint density at radius 2 is 1.95 bits per heavy atom. The second kappa shape index (κ2) is 6.51. The third-order valence-electron chi connectivity index (χ3n) is 4.35. The number of hydrogen-bond acceptors (Lipinski definition) is 1. The third kappa shape index (κ3) is 3.32. The summed E-state index contributed by atoms with van der Waals surface area (Å²) in [5.41, 5.74) is 3.51. The number of carbonyl (C=O) groups is 1. The Balaban J connectivity index is 1.67. The number of amides is 1. The van der Waals surface area contributed by atoms with E-state index in [1.807, 2.05) is 19.1 Å². The van der Waals surface area contributed by atoms with Gasteiger partial charge in [-0.05, 0) is 30.7 Å². The van der Waals surface area contributed by atoms with Crippen LogP contribution in [-0.2, 0) is 17.8 Å². The molecular formula is C18H20ClN2O+. The molecule has 1 unspecified atom stereocenters. The quantitative estimate of drug-likeness (QED) is 0.895. The fourth-order valence-electron chi connectivity index (χ4n) is 2.97. The van der Waals surface area contributed by atoms with Gasteiger partial charge in [0.05, 0.1) is 6.54 Å². The Kier molecular flexibility index (Phi) is 4.46. The molecule has 3 rings (SSSR count). The molecule has 0 aliphatic carbocycles. The van der Waals surface area contributed by atoms with Crippen LogP contribution in [0.15, 0.2) is 48.5 Å². The predicted molar refractivity (Wildman–Crippen MR) is 89.2 cm³/mol. The van der Waals surface area contributed by atoms with Crippen LogP contribution in [-0.4, -0.2) is 18.5 Å². The topological polar surface area (TPSA) is 33.5 Å². The molecule has 1 aliphatic heterocycles. The first kappa shape index (κ1) is 15.1. The van der Waals surface area contributed by atoms with Crippen LogP contribution in [0.2, 0.25) is 5.02 Å². The molecule has 2 aromatic carbocycles. The van der Waals surface area contributed by atoms with Gasteiger partial charge in [-0.1, -0.05) is 41.9 Å². The van der Waals surface area contributed by atoms with Crippen LogP contribution in [0.4, 0.5) is 5.69 Å². The van der Waals surface area contributed by atoms with E-state index in [1.54, 1.807) is 12.1 Å². The number of fused-ring (bicyclic) bond motifs is 1. The van der Waals surface area contributed by atoms with Crippen molar-refractivity contribution in [2.24, 2.45) is 0 Å². The number of nitrogens with one attached hydrogen (secondary N) is 2. The molecule has 22 heavy (non-hydrogen) atoms. The molecule has 0 radical (unpaired) electrons. The van der Waals surface area contributed by atoms with E-state index < -0.39 is 0 Å². The minimum atomic E-state index is -0.0904. The number of anilines is 1. The van der Waals surface area contributed by atoms with E-state index in [4.69, 9.17) is 11.6 Å². The number of halogens is 1. The molecule has 4 heteroatoms. The average molecular weight is 316 g/mol. The van der Waals surface area contributed by atoms with Gasteiger partial charge in [0.2, 0.25) is 0 Å². The molecule has 0 spiro atoms. The van der Waals surface area contributed by atoms with Crippen LogP contribution in [0.5, 0.6) is 0 Å². The highest BCUT2D eigenvalue weighted by molar-refractivity contribution is 6.30. The van der Waals surface area contributed by atoms with E-state index in [2.05, 4.69) is 29.6 Å². The lowest BCUT2D eigenvalue weighted by Gasteiger charge is -2.30. The minimum absolute atomic E-state index is 0.0386. The van der Waals surface area contributed by atoms with E-state index in [1.165, 1.54) is 16.0 Å². The van der Waals surface area contributed by atoms with Crippen molar-refractivity contribution in [2.45, 2.75) is 25.9 Å². The van der Waals surface area contributed by atoms with Crippen LogP contribution in [0, 0.1) is 0 Å². The van der Waals surface area contributed by atoms with Gasteiger partial charge in [-0.2, -0.15) is 0 Å². The van der Waals surface area contributed by atoms with E-state index in [0.29, 0.717) is 5.02 Å². The van der Waals surface area contributed by atoms with E-state index in [0.717, 1.165) is 25.2 Å². The lowest BCUT2D eigenvalue weighted by molar-refractivity contribution is -0.929. The average Bonchev–Trinajstić information content (AvgIpc) is 2.53. The first-order chi connectivity index (χ1) is 10.6. The lowest BCUT2D eigenvalue weighted by atomic mass is 9.99. The molecule has 2 atom stereocenters. The number of quaternary nitrogens is 1. The zero-order valence-electron chi connectivity index (χ0n) is 12.6. The second-order valence-electron chi connectivity index (χ2n) is 5.83. The maximum atomic E-state index is 12.5. The van der Waals surface area contributed by atoms with Gasteiger partial charge in [-0.25, -0.2) is 0 Å². The van der Waals surface area contributed by atoms with E-state index in [-0.39, 0.29) is 11.9 Å². The fraction of sp³-hybridized carbons (Fsp3) is 0.278. The largest absolute Gasteiger partial charge is 0.321 e. The predicted octanol–water partition coefficient (Wildman–Crippen LogP) is 2.31. The first-order valence-corrected chi connectivity index (χ1v) is 7.99. The summed E-state index contributed by atoms with van der Waals surface area (Å²) in [5.74, 6) is 0.0386. The van der Waals surface area contributed by atoms with Crippen molar-refractivity contribution < 1.29 is 9.69 Å². The van der Waals surface area contributed by atoms with Crippen molar-refractivity contribution in [1.82, 2.24) is 0 Å². The van der Waals surface area contributed by atoms with Crippen molar-refractivity contribution in [2.75, 3.05) is 11.9 Å². The number of carbonyl (C=O) groups excluding carboxylic acids is 1. The van der Waals surface area contributed by atoms with Gasteiger partial charge >= 0.3 is 0 Å². The number of hydrogen-bond donors (Lipinski definition) is 2. The van der Waals surface area contributed by atoms with Gasteiger partial charge in [0.1, 0.15) is 6.54 Å². The summed E-state index contributed by atoms with van der Waals surface area (Å²) in [5, 5.41) is 3.59. The monoisotopic (exact) mass is 315 g/mol. The molecule has 2 aromatic rings. The molecule has 3 nitrogen and oxygen atoms in total. The molecule has 0 saturated heterocycles. The summed E-state index contributed by atoms with van der Waals surface area (Å²) >= 11 is 5.96. The summed E-state index contributed by atoms with van der Waals surface area (Å²) < 4.78 is 0. The zero-order chi connectivity index (χ0) is 15.5. The number of benzene rings is 2. The fourth-order valence-corrected chi connectivity index (χ4v) is 3.16. The van der Waals surface area contributed by atoms with Crippen LogP contribution in [0.25, 0.3) is 0 Å².